The molecular formula is C37H28N6O4. The fraction of sp³-hybridized carbons (Fsp3) is 0.0270. The van der Waals surface area contributed by atoms with Crippen molar-refractivity contribution in [3.05, 3.63) is 144 Å². The number of fused-ring (bicyclic) bond motifs is 2. The van der Waals surface area contributed by atoms with Gasteiger partial charge in [0.15, 0.2) is 0 Å². The molecule has 0 fully saturated rings. The summed E-state index contributed by atoms with van der Waals surface area (Å²) in [7, 11) is 1.59. The van der Waals surface area contributed by atoms with Crippen LogP contribution in [0.4, 0.5) is 0 Å². The Balaban J connectivity index is 0.000000150. The minimum atomic E-state index is -0.194. The van der Waals surface area contributed by atoms with E-state index >= 15 is 0 Å². The molecule has 8 rings (SSSR count). The first-order valence-corrected chi connectivity index (χ1v) is 14.7. The third-order valence-corrected chi connectivity index (χ3v) is 7.68. The lowest BCUT2D eigenvalue weighted by molar-refractivity contribution is 0.399. The molecular weight excluding hydrogens is 592 g/mol. The molecule has 6 aromatic heterocycles. The van der Waals surface area contributed by atoms with E-state index in [1.807, 2.05) is 87.9 Å². The van der Waals surface area contributed by atoms with E-state index in [4.69, 9.17) is 9.72 Å². The normalized spacial score (nSPS) is 10.9. The number of hydrogen-bond acceptors (Lipinski definition) is 7. The minimum absolute atomic E-state index is 0.150. The molecule has 10 nitrogen and oxygen atoms in total. The van der Waals surface area contributed by atoms with Crippen molar-refractivity contribution in [1.29, 1.82) is 0 Å². The summed E-state index contributed by atoms with van der Waals surface area (Å²) in [4.78, 5) is 28.5. The van der Waals surface area contributed by atoms with E-state index in [9.17, 15) is 15.0 Å². The van der Waals surface area contributed by atoms with Crippen LogP contribution in [0.2, 0.25) is 0 Å². The van der Waals surface area contributed by atoms with Crippen molar-refractivity contribution in [2.75, 3.05) is 7.11 Å². The van der Waals surface area contributed by atoms with Crippen LogP contribution in [0.3, 0.4) is 0 Å². The van der Waals surface area contributed by atoms with Gasteiger partial charge < -0.3 is 19.9 Å². The summed E-state index contributed by atoms with van der Waals surface area (Å²) < 4.78 is 9.20. The number of phenolic OH excluding ortho intramolecular Hbond substituents is 2. The van der Waals surface area contributed by atoms with Crippen molar-refractivity contribution in [3.63, 3.8) is 0 Å². The van der Waals surface area contributed by atoms with E-state index in [0.717, 1.165) is 22.3 Å². The third kappa shape index (κ3) is 5.33. The van der Waals surface area contributed by atoms with Crippen LogP contribution < -0.4 is 10.3 Å². The molecule has 0 saturated heterocycles. The quantitative estimate of drug-likeness (QED) is 0.192. The van der Waals surface area contributed by atoms with Gasteiger partial charge in [0.05, 0.1) is 40.4 Å². The van der Waals surface area contributed by atoms with Crippen LogP contribution in [0.1, 0.15) is 0 Å². The fourth-order valence-corrected chi connectivity index (χ4v) is 5.52. The highest BCUT2D eigenvalue weighted by atomic mass is 16.5. The first-order valence-electron chi connectivity index (χ1n) is 14.7. The van der Waals surface area contributed by atoms with E-state index in [2.05, 4.69) is 15.0 Å². The smallest absolute Gasteiger partial charge is 0.257 e. The number of para-hydroxylation sites is 2. The molecule has 6 heterocycles. The first kappa shape index (κ1) is 29.1. The number of nitrogens with one attached hydrogen (secondary N) is 1. The Morgan fingerprint density at radius 2 is 1.13 bits per heavy atom. The molecule has 0 radical (unpaired) electrons. The van der Waals surface area contributed by atoms with Gasteiger partial charge in [-0.05, 0) is 72.8 Å². The van der Waals surface area contributed by atoms with E-state index < -0.39 is 0 Å². The average Bonchev–Trinajstić information content (AvgIpc) is 3.69. The highest BCUT2D eigenvalue weighted by molar-refractivity contribution is 5.85. The summed E-state index contributed by atoms with van der Waals surface area (Å²) in [5.74, 6) is 2.13. The van der Waals surface area contributed by atoms with Gasteiger partial charge in [-0.15, -0.1) is 0 Å². The van der Waals surface area contributed by atoms with Gasteiger partial charge in [-0.3, -0.25) is 13.6 Å². The lowest BCUT2D eigenvalue weighted by Gasteiger charge is -2.04. The van der Waals surface area contributed by atoms with E-state index in [1.54, 1.807) is 62.0 Å². The molecule has 0 bridgehead atoms. The Labute approximate surface area is 268 Å². The van der Waals surface area contributed by atoms with Crippen LogP contribution in [0.15, 0.2) is 139 Å². The van der Waals surface area contributed by atoms with Crippen molar-refractivity contribution < 1.29 is 14.9 Å². The fourth-order valence-electron chi connectivity index (χ4n) is 5.52. The predicted octanol–water partition coefficient (Wildman–Crippen LogP) is 6.84. The summed E-state index contributed by atoms with van der Waals surface area (Å²) >= 11 is 0. The molecule has 10 heteroatoms. The molecule has 0 aliphatic rings. The number of aromatic nitrogens is 6. The van der Waals surface area contributed by atoms with Crippen LogP contribution in [0.25, 0.3) is 56.3 Å². The van der Waals surface area contributed by atoms with Crippen LogP contribution in [-0.2, 0) is 0 Å². The number of rotatable bonds is 5. The highest BCUT2D eigenvalue weighted by Crippen LogP contribution is 2.36. The molecule has 2 aromatic carbocycles. The number of ether oxygens (including phenoxy) is 1. The molecule has 0 amide bonds. The Kier molecular flexibility index (Phi) is 7.65. The number of benzene rings is 2. The average molecular weight is 621 g/mol. The number of pyridine rings is 4. The maximum atomic E-state index is 12.1. The summed E-state index contributed by atoms with van der Waals surface area (Å²) in [5, 5.41) is 20.4. The van der Waals surface area contributed by atoms with Crippen molar-refractivity contribution >= 4 is 11.0 Å². The third-order valence-electron chi connectivity index (χ3n) is 7.68. The van der Waals surface area contributed by atoms with Crippen molar-refractivity contribution in [2.24, 2.45) is 0 Å². The van der Waals surface area contributed by atoms with Gasteiger partial charge in [-0.1, -0.05) is 36.4 Å². The second-order valence-electron chi connectivity index (χ2n) is 10.5. The zero-order valence-corrected chi connectivity index (χ0v) is 25.1. The van der Waals surface area contributed by atoms with Gasteiger partial charge in [0.25, 0.3) is 5.56 Å². The lowest BCUT2D eigenvalue weighted by Crippen LogP contribution is -2.07. The van der Waals surface area contributed by atoms with Crippen molar-refractivity contribution in [2.45, 2.75) is 0 Å². The molecule has 3 N–H and O–H groups in total. The van der Waals surface area contributed by atoms with Crippen LogP contribution in [0.5, 0.6) is 17.4 Å². The van der Waals surface area contributed by atoms with Gasteiger partial charge in [0.2, 0.25) is 5.88 Å². The Morgan fingerprint density at radius 1 is 0.617 bits per heavy atom. The van der Waals surface area contributed by atoms with Gasteiger partial charge >= 0.3 is 0 Å². The summed E-state index contributed by atoms with van der Waals surface area (Å²) in [6, 6.07) is 33.0. The van der Waals surface area contributed by atoms with E-state index in [1.165, 1.54) is 0 Å². The Bertz CT molecular complexity index is 2430. The Morgan fingerprint density at radius 3 is 1.68 bits per heavy atom. The van der Waals surface area contributed by atoms with Gasteiger partial charge in [0, 0.05) is 24.8 Å². The van der Waals surface area contributed by atoms with Crippen LogP contribution in [0, 0.1) is 0 Å². The number of aromatic amines is 1. The van der Waals surface area contributed by atoms with Crippen molar-refractivity contribution in [1.82, 2.24) is 28.7 Å². The number of nitrogens with zero attached hydrogens (tertiary/aromatic N) is 5. The largest absolute Gasteiger partial charge is 0.507 e. The molecule has 8 aromatic rings. The van der Waals surface area contributed by atoms with E-state index in [-0.39, 0.29) is 17.1 Å². The maximum Gasteiger partial charge on any atom is 0.257 e. The van der Waals surface area contributed by atoms with Gasteiger partial charge in [0.1, 0.15) is 34.5 Å². The molecule has 0 atom stereocenters. The standard InChI is InChI=1S/C19H15N3O2.C18H13N3O2/c1-24-19-14(8-6-11-20-19)17-15-9-4-5-12-22(15)18(21-17)13-7-2-3-10-16(13)23;22-15-9-2-1-6-12(15)17-20-16(13-7-5-10-19-18(13)23)14-8-3-4-11-21(14)17/h2-12,23H,1H3;1-11,22H,(H,19,23). The molecule has 0 spiro atoms. The number of aromatic hydroxyl groups is 2. The zero-order valence-electron chi connectivity index (χ0n) is 25.1. The van der Waals surface area contributed by atoms with E-state index in [0.29, 0.717) is 39.9 Å². The minimum Gasteiger partial charge on any atom is -0.507 e. The SMILES string of the molecule is COc1ncccc1-c1nc(-c2ccccc2O)n2ccccc12.O=c1[nH]cccc1-c1nc(-c2ccccc2O)n2ccccc12. The molecule has 0 unspecified atom stereocenters. The molecule has 0 aliphatic carbocycles. The number of methoxy groups -OCH3 is 1. The number of phenols is 2. The molecule has 0 saturated carbocycles. The van der Waals surface area contributed by atoms with Crippen LogP contribution in [-0.4, -0.2) is 46.1 Å². The summed E-state index contributed by atoms with van der Waals surface area (Å²) in [6.45, 7) is 0. The summed E-state index contributed by atoms with van der Waals surface area (Å²) in [5.41, 5.74) is 5.48. The Hall–Kier alpha value is -6.68. The predicted molar refractivity (Wildman–Crippen MR) is 180 cm³/mol. The van der Waals surface area contributed by atoms with Crippen LogP contribution >= 0.6 is 0 Å². The van der Waals surface area contributed by atoms with Crippen molar-refractivity contribution in [3.8, 4) is 62.7 Å². The lowest BCUT2D eigenvalue weighted by atomic mass is 10.2. The monoisotopic (exact) mass is 620 g/mol. The molecule has 47 heavy (non-hydrogen) atoms. The summed E-state index contributed by atoms with van der Waals surface area (Å²) in [6.07, 6.45) is 7.07. The number of H-pyrrole nitrogens is 1. The topological polar surface area (TPSA) is 130 Å². The number of hydrogen-bond donors (Lipinski definition) is 3. The maximum absolute atomic E-state index is 12.1. The first-order chi connectivity index (χ1) is 23.0. The highest BCUT2D eigenvalue weighted by Gasteiger charge is 2.19. The number of imidazole rings is 2. The molecule has 230 valence electrons. The van der Waals surface area contributed by atoms with Gasteiger partial charge in [-0.25, -0.2) is 15.0 Å². The zero-order chi connectivity index (χ0) is 32.3. The molecule has 0 aliphatic heterocycles. The second kappa shape index (κ2) is 12.4. The second-order valence-corrected chi connectivity index (χ2v) is 10.5. The van der Waals surface area contributed by atoms with Gasteiger partial charge in [-0.2, -0.15) is 0 Å².